The maximum absolute atomic E-state index is 6.02. The molecule has 0 radical (unpaired) electrons. The molecule has 2 nitrogen and oxygen atoms in total. The second-order valence-electron chi connectivity index (χ2n) is 6.15. The summed E-state index contributed by atoms with van der Waals surface area (Å²) in [5.41, 5.74) is 0. The van der Waals surface area contributed by atoms with Crippen molar-refractivity contribution >= 4 is 26.7 Å². The number of halogens is 1. The number of ether oxygens (including phenoxy) is 1. The van der Waals surface area contributed by atoms with Crippen LogP contribution in [0.5, 0.6) is 5.75 Å². The summed E-state index contributed by atoms with van der Waals surface area (Å²) in [6, 6.07) is 12.6. The molecule has 1 saturated heterocycles. The molecule has 0 saturated carbocycles. The quantitative estimate of drug-likeness (QED) is 0.894. The maximum Gasteiger partial charge on any atom is 0.137 e. The highest BCUT2D eigenvalue weighted by Crippen LogP contribution is 2.32. The normalized spacial score (nSPS) is 22.4. The maximum atomic E-state index is 6.02. The van der Waals surface area contributed by atoms with Crippen LogP contribution in [0.3, 0.4) is 0 Å². The van der Waals surface area contributed by atoms with Crippen LogP contribution in [0.15, 0.2) is 40.9 Å². The SMILES string of the molecule is C[C@@H]1CCC[NH+](CCOc2ccc3ccccc3c2Br)C1. The zero-order valence-corrected chi connectivity index (χ0v) is 14.2. The first-order valence-electron chi connectivity index (χ1n) is 7.87. The van der Waals surface area contributed by atoms with E-state index < -0.39 is 0 Å². The Morgan fingerprint density at radius 3 is 2.95 bits per heavy atom. The molecule has 1 unspecified atom stereocenters. The van der Waals surface area contributed by atoms with Crippen LogP contribution in [0.1, 0.15) is 19.8 Å². The second kappa shape index (κ2) is 6.80. The Labute approximate surface area is 135 Å². The van der Waals surface area contributed by atoms with Crippen molar-refractivity contribution in [1.82, 2.24) is 0 Å². The average Bonchev–Trinajstić information content (AvgIpc) is 2.50. The lowest BCUT2D eigenvalue weighted by atomic mass is 10.0. The predicted octanol–water partition coefficient (Wildman–Crippen LogP) is 3.30. The number of hydrogen-bond donors (Lipinski definition) is 1. The summed E-state index contributed by atoms with van der Waals surface area (Å²) in [5, 5.41) is 2.46. The molecule has 112 valence electrons. The smallest absolute Gasteiger partial charge is 0.137 e. The summed E-state index contributed by atoms with van der Waals surface area (Å²) < 4.78 is 7.09. The zero-order valence-electron chi connectivity index (χ0n) is 12.6. The Balaban J connectivity index is 1.61. The molecule has 2 atom stereocenters. The number of likely N-dealkylation sites (tertiary alicyclic amines) is 1. The molecule has 0 aromatic heterocycles. The Morgan fingerprint density at radius 2 is 2.10 bits per heavy atom. The molecule has 0 bridgehead atoms. The second-order valence-corrected chi connectivity index (χ2v) is 6.94. The fourth-order valence-corrected chi connectivity index (χ4v) is 3.86. The van der Waals surface area contributed by atoms with Gasteiger partial charge in [-0.3, -0.25) is 0 Å². The van der Waals surface area contributed by atoms with Crippen molar-refractivity contribution in [2.45, 2.75) is 19.8 Å². The monoisotopic (exact) mass is 348 g/mol. The van der Waals surface area contributed by atoms with E-state index in [1.807, 2.05) is 0 Å². The van der Waals surface area contributed by atoms with Gasteiger partial charge in [0.1, 0.15) is 18.9 Å². The van der Waals surface area contributed by atoms with E-state index in [0.717, 1.165) is 29.3 Å². The lowest BCUT2D eigenvalue weighted by Crippen LogP contribution is -3.14. The van der Waals surface area contributed by atoms with Gasteiger partial charge in [-0.15, -0.1) is 0 Å². The molecule has 3 rings (SSSR count). The van der Waals surface area contributed by atoms with Crippen LogP contribution >= 0.6 is 15.9 Å². The molecule has 1 aliphatic rings. The number of quaternary nitrogens is 1. The third kappa shape index (κ3) is 3.58. The Kier molecular flexibility index (Phi) is 4.81. The molecular weight excluding hydrogens is 326 g/mol. The molecule has 2 aromatic carbocycles. The molecule has 3 heteroatoms. The predicted molar refractivity (Wildman–Crippen MR) is 91.1 cm³/mol. The Morgan fingerprint density at radius 1 is 1.24 bits per heavy atom. The van der Waals surface area contributed by atoms with Crippen molar-refractivity contribution in [3.8, 4) is 5.75 Å². The van der Waals surface area contributed by atoms with Crippen molar-refractivity contribution in [2.24, 2.45) is 5.92 Å². The van der Waals surface area contributed by atoms with E-state index in [0.29, 0.717) is 0 Å². The van der Waals surface area contributed by atoms with E-state index in [1.54, 1.807) is 4.90 Å². The summed E-state index contributed by atoms with van der Waals surface area (Å²) >= 11 is 3.69. The van der Waals surface area contributed by atoms with E-state index in [1.165, 1.54) is 36.7 Å². The van der Waals surface area contributed by atoms with Gasteiger partial charge in [0.2, 0.25) is 0 Å². The number of benzene rings is 2. The molecule has 2 aromatic rings. The Bertz CT molecular complexity index is 613. The van der Waals surface area contributed by atoms with Crippen LogP contribution < -0.4 is 9.64 Å². The fraction of sp³-hybridized carbons (Fsp3) is 0.444. The van der Waals surface area contributed by atoms with E-state index >= 15 is 0 Å². The van der Waals surface area contributed by atoms with Crippen molar-refractivity contribution in [1.29, 1.82) is 0 Å². The molecule has 0 amide bonds. The first-order chi connectivity index (χ1) is 10.2. The minimum absolute atomic E-state index is 0.791. The van der Waals surface area contributed by atoms with Crippen molar-refractivity contribution < 1.29 is 9.64 Å². The van der Waals surface area contributed by atoms with Gasteiger partial charge in [0, 0.05) is 5.92 Å². The van der Waals surface area contributed by atoms with Gasteiger partial charge in [0.15, 0.2) is 0 Å². The van der Waals surface area contributed by atoms with Gasteiger partial charge >= 0.3 is 0 Å². The van der Waals surface area contributed by atoms with E-state index in [-0.39, 0.29) is 0 Å². The van der Waals surface area contributed by atoms with Crippen LogP contribution in [0.2, 0.25) is 0 Å². The topological polar surface area (TPSA) is 13.7 Å². The molecule has 1 fully saturated rings. The standard InChI is InChI=1S/C18H22BrNO/c1-14-5-4-10-20(13-14)11-12-21-17-9-8-15-6-2-3-7-16(15)18(17)19/h2-3,6-9,14H,4-5,10-13H2,1H3/p+1/t14-/m1/s1. The van der Waals surface area contributed by atoms with Crippen molar-refractivity contribution in [3.63, 3.8) is 0 Å². The summed E-state index contributed by atoms with van der Waals surface area (Å²) in [4.78, 5) is 1.69. The van der Waals surface area contributed by atoms with Crippen LogP contribution in [0, 0.1) is 5.92 Å². The molecule has 1 aliphatic heterocycles. The van der Waals surface area contributed by atoms with Gasteiger partial charge in [-0.1, -0.05) is 37.3 Å². The highest BCUT2D eigenvalue weighted by molar-refractivity contribution is 9.10. The van der Waals surface area contributed by atoms with Gasteiger partial charge < -0.3 is 9.64 Å². The van der Waals surface area contributed by atoms with Gasteiger partial charge in [-0.25, -0.2) is 0 Å². The third-order valence-corrected chi connectivity index (χ3v) is 5.22. The largest absolute Gasteiger partial charge is 0.487 e. The highest BCUT2D eigenvalue weighted by atomic mass is 79.9. The number of fused-ring (bicyclic) bond motifs is 1. The van der Waals surface area contributed by atoms with Crippen LogP contribution in [0.4, 0.5) is 0 Å². The van der Waals surface area contributed by atoms with Gasteiger partial charge in [-0.05, 0) is 45.6 Å². The minimum atomic E-state index is 0.791. The molecule has 0 spiro atoms. The van der Waals surface area contributed by atoms with E-state index in [9.17, 15) is 0 Å². The number of hydrogen-bond acceptors (Lipinski definition) is 1. The number of nitrogens with one attached hydrogen (secondary N) is 1. The molecule has 1 heterocycles. The first kappa shape index (κ1) is 14.9. The lowest BCUT2D eigenvalue weighted by Gasteiger charge is -2.27. The fourth-order valence-electron chi connectivity index (χ4n) is 3.25. The van der Waals surface area contributed by atoms with Gasteiger partial charge in [0.25, 0.3) is 0 Å². The zero-order chi connectivity index (χ0) is 14.7. The Hall–Kier alpha value is -1.06. The molecule has 0 aliphatic carbocycles. The molecule has 1 N–H and O–H groups in total. The molecule has 21 heavy (non-hydrogen) atoms. The number of rotatable bonds is 4. The van der Waals surface area contributed by atoms with E-state index in [4.69, 9.17) is 4.74 Å². The van der Waals surface area contributed by atoms with Crippen LogP contribution in [-0.2, 0) is 0 Å². The summed E-state index contributed by atoms with van der Waals surface area (Å²) in [6.07, 6.45) is 2.75. The van der Waals surface area contributed by atoms with Crippen LogP contribution in [0.25, 0.3) is 10.8 Å². The third-order valence-electron chi connectivity index (χ3n) is 4.41. The summed E-state index contributed by atoms with van der Waals surface area (Å²) in [5.74, 6) is 1.82. The van der Waals surface area contributed by atoms with Crippen molar-refractivity contribution in [3.05, 3.63) is 40.9 Å². The average molecular weight is 349 g/mol. The van der Waals surface area contributed by atoms with Crippen LogP contribution in [-0.4, -0.2) is 26.2 Å². The van der Waals surface area contributed by atoms with E-state index in [2.05, 4.69) is 59.3 Å². The summed E-state index contributed by atoms with van der Waals surface area (Å²) in [6.45, 7) is 6.84. The molecular formula is C18H23BrNO+. The first-order valence-corrected chi connectivity index (χ1v) is 8.67. The highest BCUT2D eigenvalue weighted by Gasteiger charge is 2.19. The minimum Gasteiger partial charge on any atom is -0.487 e. The van der Waals surface area contributed by atoms with Gasteiger partial charge in [-0.2, -0.15) is 0 Å². The number of piperidine rings is 1. The van der Waals surface area contributed by atoms with Gasteiger partial charge in [0.05, 0.1) is 17.6 Å². The lowest BCUT2D eigenvalue weighted by molar-refractivity contribution is -0.908. The van der Waals surface area contributed by atoms with Crippen molar-refractivity contribution in [2.75, 3.05) is 26.2 Å². The summed E-state index contributed by atoms with van der Waals surface area (Å²) in [7, 11) is 0.